The second-order valence-corrected chi connectivity index (χ2v) is 6.76. The van der Waals surface area contributed by atoms with Gasteiger partial charge in [0.05, 0.1) is 0 Å². The highest BCUT2D eigenvalue weighted by Gasteiger charge is 2.46. The summed E-state index contributed by atoms with van der Waals surface area (Å²) in [6.07, 6.45) is 1.36. The molecule has 0 bridgehead atoms. The van der Waals surface area contributed by atoms with Crippen molar-refractivity contribution < 1.29 is 13.5 Å². The fourth-order valence-electron chi connectivity index (χ4n) is 2.50. The summed E-state index contributed by atoms with van der Waals surface area (Å²) in [7, 11) is -3.15. The van der Waals surface area contributed by atoms with Crippen LogP contribution in [0.1, 0.15) is 18.1 Å². The van der Waals surface area contributed by atoms with E-state index >= 15 is 0 Å². The number of hydrogen-bond donors (Lipinski definition) is 2. The van der Waals surface area contributed by atoms with Crippen LogP contribution in [-0.4, -0.2) is 29.4 Å². The van der Waals surface area contributed by atoms with E-state index in [2.05, 4.69) is 5.43 Å². The Hall–Kier alpha value is -1.11. The molecule has 1 saturated heterocycles. The van der Waals surface area contributed by atoms with Crippen LogP contribution < -0.4 is 5.43 Å². The maximum absolute atomic E-state index is 11.8. The van der Waals surface area contributed by atoms with E-state index in [9.17, 15) is 13.5 Å². The summed E-state index contributed by atoms with van der Waals surface area (Å²) in [5, 5.41) is 8.90. The van der Waals surface area contributed by atoms with Crippen LogP contribution in [0.5, 0.6) is 5.75 Å². The standard InChI is InChI=1S/C11H14N2O3S/c1-7-12-13(17(7,15)16)10-4-8-2-3-11(14)6-9(8)5-10/h2-3,6-7,10,12,14H,4-5H2,1H3. The number of nitrogens with zero attached hydrogens (tertiary/aromatic N) is 1. The summed E-state index contributed by atoms with van der Waals surface area (Å²) in [4.78, 5) is 0. The number of fused-ring (bicyclic) bond motifs is 1. The molecule has 1 aliphatic carbocycles. The van der Waals surface area contributed by atoms with Crippen molar-refractivity contribution in [2.45, 2.75) is 31.2 Å². The molecule has 0 amide bonds. The zero-order valence-corrected chi connectivity index (χ0v) is 10.2. The lowest BCUT2D eigenvalue weighted by Gasteiger charge is -2.41. The molecule has 2 N–H and O–H groups in total. The highest BCUT2D eigenvalue weighted by Crippen LogP contribution is 2.32. The molecule has 6 heteroatoms. The lowest BCUT2D eigenvalue weighted by molar-refractivity contribution is 0.188. The summed E-state index contributed by atoms with van der Waals surface area (Å²) in [6, 6.07) is 5.15. The first-order chi connectivity index (χ1) is 7.98. The number of phenolic OH excluding ortho intramolecular Hbond substituents is 1. The molecule has 0 aromatic heterocycles. The quantitative estimate of drug-likeness (QED) is 0.759. The van der Waals surface area contributed by atoms with Crippen molar-refractivity contribution in [2.24, 2.45) is 0 Å². The number of hydrazine groups is 1. The molecule has 2 atom stereocenters. The number of sulfonamides is 1. The van der Waals surface area contributed by atoms with Gasteiger partial charge in [-0.15, -0.1) is 4.41 Å². The Morgan fingerprint density at radius 2 is 2.06 bits per heavy atom. The molecule has 1 heterocycles. The third-order valence-electron chi connectivity index (χ3n) is 3.46. The molecule has 0 radical (unpaired) electrons. The van der Waals surface area contributed by atoms with Crippen molar-refractivity contribution in [2.75, 3.05) is 0 Å². The molecular formula is C11H14N2O3S. The average Bonchev–Trinajstić information content (AvgIpc) is 2.67. The molecule has 2 unspecified atom stereocenters. The van der Waals surface area contributed by atoms with Crippen molar-refractivity contribution in [3.05, 3.63) is 29.3 Å². The van der Waals surface area contributed by atoms with Crippen LogP contribution in [0.2, 0.25) is 0 Å². The zero-order chi connectivity index (χ0) is 12.2. The Balaban J connectivity index is 1.84. The predicted octanol–water partition coefficient (Wildman–Crippen LogP) is 0.355. The topological polar surface area (TPSA) is 69.6 Å². The van der Waals surface area contributed by atoms with Crippen LogP contribution in [0.25, 0.3) is 0 Å². The fourth-order valence-corrected chi connectivity index (χ4v) is 3.80. The van der Waals surface area contributed by atoms with E-state index in [0.717, 1.165) is 11.1 Å². The first-order valence-corrected chi connectivity index (χ1v) is 7.09. The van der Waals surface area contributed by atoms with E-state index in [-0.39, 0.29) is 11.8 Å². The highest BCUT2D eigenvalue weighted by molar-refractivity contribution is 7.90. The normalized spacial score (nSPS) is 30.9. The predicted molar refractivity (Wildman–Crippen MR) is 62.7 cm³/mol. The van der Waals surface area contributed by atoms with Gasteiger partial charge in [0.15, 0.2) is 0 Å². The molecule has 1 fully saturated rings. The summed E-state index contributed by atoms with van der Waals surface area (Å²) < 4.78 is 24.9. The van der Waals surface area contributed by atoms with Crippen LogP contribution >= 0.6 is 0 Å². The summed E-state index contributed by atoms with van der Waals surface area (Å²) in [5.74, 6) is 0.234. The molecule has 0 spiro atoms. The Morgan fingerprint density at radius 3 is 2.71 bits per heavy atom. The molecule has 3 rings (SSSR count). The molecule has 2 aliphatic rings. The lowest BCUT2D eigenvalue weighted by Crippen LogP contribution is -2.67. The summed E-state index contributed by atoms with van der Waals surface area (Å²) in [6.45, 7) is 1.64. The fraction of sp³-hybridized carbons (Fsp3) is 0.455. The van der Waals surface area contributed by atoms with Gasteiger partial charge in [-0.2, -0.15) is 0 Å². The molecule has 1 aromatic carbocycles. The number of aromatic hydroxyl groups is 1. The zero-order valence-electron chi connectivity index (χ0n) is 9.42. The second kappa shape index (κ2) is 3.44. The van der Waals surface area contributed by atoms with Crippen LogP contribution in [0.4, 0.5) is 0 Å². The van der Waals surface area contributed by atoms with Gasteiger partial charge in [-0.3, -0.25) is 0 Å². The van der Waals surface area contributed by atoms with Gasteiger partial charge in [0.1, 0.15) is 11.1 Å². The van der Waals surface area contributed by atoms with Crippen LogP contribution in [-0.2, 0) is 22.9 Å². The van der Waals surface area contributed by atoms with Crippen LogP contribution in [0.15, 0.2) is 18.2 Å². The molecule has 1 aromatic rings. The first-order valence-electron chi connectivity index (χ1n) is 5.58. The van der Waals surface area contributed by atoms with E-state index < -0.39 is 15.4 Å². The Morgan fingerprint density at radius 1 is 1.35 bits per heavy atom. The third-order valence-corrected chi connectivity index (χ3v) is 5.41. The summed E-state index contributed by atoms with van der Waals surface area (Å²) >= 11 is 0. The van der Waals surface area contributed by atoms with E-state index in [1.54, 1.807) is 19.1 Å². The molecule has 92 valence electrons. The van der Waals surface area contributed by atoms with E-state index in [1.807, 2.05) is 6.07 Å². The number of rotatable bonds is 1. The maximum Gasteiger partial charge on any atom is 0.244 e. The number of hydrogen-bond acceptors (Lipinski definition) is 4. The minimum absolute atomic E-state index is 0.0620. The van der Waals surface area contributed by atoms with Crippen LogP contribution in [0, 0.1) is 0 Å². The Kier molecular flexibility index (Phi) is 2.23. The van der Waals surface area contributed by atoms with Crippen molar-refractivity contribution in [3.63, 3.8) is 0 Å². The smallest absolute Gasteiger partial charge is 0.244 e. The van der Waals surface area contributed by atoms with Gasteiger partial charge in [-0.05, 0) is 43.0 Å². The van der Waals surface area contributed by atoms with Gasteiger partial charge in [-0.1, -0.05) is 6.07 Å². The van der Waals surface area contributed by atoms with E-state index in [4.69, 9.17) is 0 Å². The second-order valence-electron chi connectivity index (χ2n) is 4.63. The van der Waals surface area contributed by atoms with Crippen molar-refractivity contribution >= 4 is 10.0 Å². The van der Waals surface area contributed by atoms with E-state index in [0.29, 0.717) is 12.8 Å². The van der Waals surface area contributed by atoms with Gasteiger partial charge < -0.3 is 5.11 Å². The average molecular weight is 254 g/mol. The minimum atomic E-state index is -3.15. The number of benzene rings is 1. The SMILES string of the molecule is CC1NN(C2Cc3ccc(O)cc3C2)S1(=O)=O. The number of nitrogens with one attached hydrogen (secondary N) is 1. The Labute approximate surface area is 100 Å². The number of phenols is 1. The minimum Gasteiger partial charge on any atom is -0.508 e. The van der Waals surface area contributed by atoms with Gasteiger partial charge in [0.2, 0.25) is 10.0 Å². The van der Waals surface area contributed by atoms with Gasteiger partial charge in [0.25, 0.3) is 0 Å². The molecule has 17 heavy (non-hydrogen) atoms. The lowest BCUT2D eigenvalue weighted by atomic mass is 10.1. The molecule has 5 nitrogen and oxygen atoms in total. The van der Waals surface area contributed by atoms with Gasteiger partial charge in [0, 0.05) is 6.04 Å². The monoisotopic (exact) mass is 254 g/mol. The van der Waals surface area contributed by atoms with Gasteiger partial charge >= 0.3 is 0 Å². The maximum atomic E-state index is 11.8. The molecule has 1 aliphatic heterocycles. The highest BCUT2D eigenvalue weighted by atomic mass is 32.2. The van der Waals surface area contributed by atoms with Crippen molar-refractivity contribution in [3.8, 4) is 5.75 Å². The third kappa shape index (κ3) is 1.55. The Bertz CT molecular complexity index is 570. The molecule has 0 saturated carbocycles. The van der Waals surface area contributed by atoms with Crippen LogP contribution in [0.3, 0.4) is 0 Å². The first kappa shape index (κ1) is 11.0. The van der Waals surface area contributed by atoms with E-state index in [1.165, 1.54) is 4.41 Å². The van der Waals surface area contributed by atoms with Crippen molar-refractivity contribution in [1.82, 2.24) is 9.84 Å². The largest absolute Gasteiger partial charge is 0.508 e. The van der Waals surface area contributed by atoms with Gasteiger partial charge in [-0.25, -0.2) is 13.8 Å². The van der Waals surface area contributed by atoms with Crippen molar-refractivity contribution in [1.29, 1.82) is 0 Å². The molecular weight excluding hydrogens is 240 g/mol. The summed E-state index contributed by atoms with van der Waals surface area (Å²) in [5.41, 5.74) is 5.06.